The molecule has 0 atom stereocenters. The lowest BCUT2D eigenvalue weighted by atomic mass is 10.2. The molecular weight excluding hydrogens is 302 g/mol. The topological polar surface area (TPSA) is 83.5 Å². The first-order chi connectivity index (χ1) is 9.38. The van der Waals surface area contributed by atoms with Crippen molar-refractivity contribution < 1.29 is 18.3 Å². The highest BCUT2D eigenvalue weighted by Gasteiger charge is 2.15. The Morgan fingerprint density at radius 2 is 1.80 bits per heavy atom. The zero-order valence-electron chi connectivity index (χ0n) is 10.1. The van der Waals surface area contributed by atoms with E-state index in [1.807, 2.05) is 0 Å². The van der Waals surface area contributed by atoms with Gasteiger partial charge in [0, 0.05) is 10.7 Å². The highest BCUT2D eigenvalue weighted by atomic mass is 35.5. The maximum absolute atomic E-state index is 12.1. The summed E-state index contributed by atoms with van der Waals surface area (Å²) in [5.41, 5.74) is 0.168. The van der Waals surface area contributed by atoms with Crippen LogP contribution in [0.25, 0.3) is 0 Å². The number of aromatic carboxylic acids is 1. The van der Waals surface area contributed by atoms with Crippen LogP contribution in [-0.4, -0.2) is 19.5 Å². The molecular formula is C13H10ClNO4S. The summed E-state index contributed by atoms with van der Waals surface area (Å²) in [4.78, 5) is 10.8. The van der Waals surface area contributed by atoms with Crippen LogP contribution in [0, 0.1) is 0 Å². The van der Waals surface area contributed by atoms with Gasteiger partial charge in [-0.1, -0.05) is 23.7 Å². The van der Waals surface area contributed by atoms with Crippen molar-refractivity contribution in [1.82, 2.24) is 0 Å². The second kappa shape index (κ2) is 5.52. The molecule has 2 aromatic rings. The van der Waals surface area contributed by atoms with Gasteiger partial charge in [-0.2, -0.15) is 0 Å². The number of benzene rings is 2. The molecule has 7 heteroatoms. The van der Waals surface area contributed by atoms with E-state index >= 15 is 0 Å². The predicted octanol–water partition coefficient (Wildman–Crippen LogP) is 2.84. The first-order valence-electron chi connectivity index (χ1n) is 5.50. The fraction of sp³-hybridized carbons (Fsp3) is 0. The van der Waals surface area contributed by atoms with Crippen molar-refractivity contribution in [2.45, 2.75) is 4.90 Å². The average Bonchev–Trinajstić information content (AvgIpc) is 2.38. The van der Waals surface area contributed by atoms with E-state index < -0.39 is 16.0 Å². The number of nitrogens with one attached hydrogen (secondary N) is 1. The van der Waals surface area contributed by atoms with E-state index in [4.69, 9.17) is 16.7 Å². The van der Waals surface area contributed by atoms with E-state index in [1.54, 1.807) is 6.07 Å². The van der Waals surface area contributed by atoms with Gasteiger partial charge in [0.1, 0.15) is 0 Å². The van der Waals surface area contributed by atoms with Crippen LogP contribution < -0.4 is 4.72 Å². The number of hydrogen-bond donors (Lipinski definition) is 2. The summed E-state index contributed by atoms with van der Waals surface area (Å²) < 4.78 is 26.5. The molecule has 0 aromatic heterocycles. The summed E-state index contributed by atoms with van der Waals surface area (Å²) in [6.45, 7) is 0. The summed E-state index contributed by atoms with van der Waals surface area (Å²) in [7, 11) is -3.81. The Hall–Kier alpha value is -2.05. The molecule has 0 heterocycles. The van der Waals surface area contributed by atoms with Crippen LogP contribution in [-0.2, 0) is 10.0 Å². The van der Waals surface area contributed by atoms with Crippen LogP contribution in [0.3, 0.4) is 0 Å². The van der Waals surface area contributed by atoms with Crippen molar-refractivity contribution in [3.05, 3.63) is 59.1 Å². The van der Waals surface area contributed by atoms with Gasteiger partial charge in [0.15, 0.2) is 0 Å². The summed E-state index contributed by atoms with van der Waals surface area (Å²) >= 11 is 5.75. The molecule has 0 fully saturated rings. The minimum Gasteiger partial charge on any atom is -0.478 e. The summed E-state index contributed by atoms with van der Waals surface area (Å²) in [5.74, 6) is -1.13. The highest BCUT2D eigenvalue weighted by Crippen LogP contribution is 2.19. The monoisotopic (exact) mass is 311 g/mol. The largest absolute Gasteiger partial charge is 0.478 e. The molecule has 0 saturated carbocycles. The molecule has 0 bridgehead atoms. The Labute approximate surface area is 120 Å². The second-order valence-electron chi connectivity index (χ2n) is 3.95. The molecule has 20 heavy (non-hydrogen) atoms. The van der Waals surface area contributed by atoms with Gasteiger partial charge in [-0.15, -0.1) is 0 Å². The van der Waals surface area contributed by atoms with Crippen LogP contribution in [0.5, 0.6) is 0 Å². The molecule has 0 aliphatic heterocycles. The van der Waals surface area contributed by atoms with Crippen LogP contribution in [0.2, 0.25) is 5.02 Å². The van der Waals surface area contributed by atoms with E-state index in [2.05, 4.69) is 4.72 Å². The van der Waals surface area contributed by atoms with Crippen LogP contribution in [0.15, 0.2) is 53.4 Å². The van der Waals surface area contributed by atoms with Gasteiger partial charge in [-0.3, -0.25) is 4.72 Å². The van der Waals surface area contributed by atoms with Gasteiger partial charge < -0.3 is 5.11 Å². The lowest BCUT2D eigenvalue weighted by molar-refractivity contribution is 0.0697. The molecule has 104 valence electrons. The standard InChI is InChI=1S/C13H10ClNO4S/c14-10-4-2-6-12(8-10)20(18,19)15-11-5-1-3-9(7-11)13(16)17/h1-8,15H,(H,16,17). The number of carbonyl (C=O) groups is 1. The van der Waals surface area contributed by atoms with Gasteiger partial charge >= 0.3 is 5.97 Å². The number of carboxylic acids is 1. The Morgan fingerprint density at radius 3 is 2.45 bits per heavy atom. The molecule has 0 unspecified atom stereocenters. The van der Waals surface area contributed by atoms with Gasteiger partial charge in [0.05, 0.1) is 10.5 Å². The number of halogens is 1. The van der Waals surface area contributed by atoms with Crippen molar-refractivity contribution in [3.8, 4) is 0 Å². The first kappa shape index (κ1) is 14.4. The van der Waals surface area contributed by atoms with Crippen molar-refractivity contribution in [2.75, 3.05) is 4.72 Å². The SMILES string of the molecule is O=C(O)c1cccc(NS(=O)(=O)c2cccc(Cl)c2)c1. The maximum Gasteiger partial charge on any atom is 0.335 e. The Balaban J connectivity index is 2.33. The molecule has 0 spiro atoms. The Morgan fingerprint density at radius 1 is 1.10 bits per heavy atom. The normalized spacial score (nSPS) is 11.1. The highest BCUT2D eigenvalue weighted by molar-refractivity contribution is 7.92. The third-order valence-corrected chi connectivity index (χ3v) is 4.08. The van der Waals surface area contributed by atoms with Gasteiger partial charge in [-0.25, -0.2) is 13.2 Å². The van der Waals surface area contributed by atoms with Crippen molar-refractivity contribution in [3.63, 3.8) is 0 Å². The fourth-order valence-electron chi connectivity index (χ4n) is 1.56. The minimum atomic E-state index is -3.81. The van der Waals surface area contributed by atoms with Crippen LogP contribution >= 0.6 is 11.6 Å². The molecule has 0 amide bonds. The minimum absolute atomic E-state index is 0.00343. The second-order valence-corrected chi connectivity index (χ2v) is 6.07. The van der Waals surface area contributed by atoms with Gasteiger partial charge in [0.2, 0.25) is 0 Å². The molecule has 0 saturated heterocycles. The van der Waals surface area contributed by atoms with E-state index in [-0.39, 0.29) is 16.1 Å². The molecule has 2 N–H and O–H groups in total. The van der Waals surface area contributed by atoms with Gasteiger partial charge in [0.25, 0.3) is 10.0 Å². The number of hydrogen-bond acceptors (Lipinski definition) is 3. The summed E-state index contributed by atoms with van der Waals surface area (Å²) in [6.07, 6.45) is 0. The predicted molar refractivity (Wildman–Crippen MR) is 75.7 cm³/mol. The lowest BCUT2D eigenvalue weighted by Crippen LogP contribution is -2.13. The maximum atomic E-state index is 12.1. The quantitative estimate of drug-likeness (QED) is 0.909. The van der Waals surface area contributed by atoms with Crippen molar-refractivity contribution in [1.29, 1.82) is 0 Å². The van der Waals surface area contributed by atoms with E-state index in [0.717, 1.165) is 0 Å². The lowest BCUT2D eigenvalue weighted by Gasteiger charge is -2.08. The van der Waals surface area contributed by atoms with Crippen molar-refractivity contribution >= 4 is 33.3 Å². The summed E-state index contributed by atoms with van der Waals surface area (Å²) in [5, 5.41) is 9.16. The average molecular weight is 312 g/mol. The fourth-order valence-corrected chi connectivity index (χ4v) is 2.91. The van der Waals surface area contributed by atoms with Crippen LogP contribution in [0.1, 0.15) is 10.4 Å². The van der Waals surface area contributed by atoms with Gasteiger partial charge in [-0.05, 0) is 36.4 Å². The smallest absolute Gasteiger partial charge is 0.335 e. The zero-order valence-corrected chi connectivity index (χ0v) is 11.6. The number of carboxylic acid groups (broad SMARTS) is 1. The molecule has 2 rings (SSSR count). The molecule has 2 aromatic carbocycles. The van der Waals surface area contributed by atoms with E-state index in [0.29, 0.717) is 5.02 Å². The molecule has 0 radical (unpaired) electrons. The summed E-state index contributed by atoms with van der Waals surface area (Å²) in [6, 6.07) is 11.3. The molecule has 5 nitrogen and oxygen atoms in total. The Kier molecular flexibility index (Phi) is 3.96. The number of anilines is 1. The van der Waals surface area contributed by atoms with E-state index in [1.165, 1.54) is 42.5 Å². The van der Waals surface area contributed by atoms with Crippen molar-refractivity contribution in [2.24, 2.45) is 0 Å². The first-order valence-corrected chi connectivity index (χ1v) is 7.36. The van der Waals surface area contributed by atoms with E-state index in [9.17, 15) is 13.2 Å². The Bertz CT molecular complexity index is 758. The number of sulfonamides is 1. The third-order valence-electron chi connectivity index (χ3n) is 2.47. The molecule has 0 aliphatic rings. The number of rotatable bonds is 4. The van der Waals surface area contributed by atoms with Crippen LogP contribution in [0.4, 0.5) is 5.69 Å². The zero-order chi connectivity index (χ0) is 14.8. The third kappa shape index (κ3) is 3.28. The molecule has 0 aliphatic carbocycles.